The van der Waals surface area contributed by atoms with Gasteiger partial charge in [-0.05, 0) is 0 Å². The van der Waals surface area contributed by atoms with Gasteiger partial charge in [-0.15, -0.1) is 0 Å². The van der Waals surface area contributed by atoms with Gasteiger partial charge in [0.15, 0.2) is 0 Å². The molecule has 4 rings (SSSR count). The molecule has 0 radical (unpaired) electrons. The molecule has 2 aliphatic rings. The summed E-state index contributed by atoms with van der Waals surface area (Å²) in [7, 11) is 0. The second-order valence-corrected chi connectivity index (χ2v) is 29.6. The summed E-state index contributed by atoms with van der Waals surface area (Å²) in [6.07, 6.45) is 9.76. The fraction of sp³-hybridized carbons (Fsp3) is 0.167. The summed E-state index contributed by atoms with van der Waals surface area (Å²) in [4.78, 5) is 0. The van der Waals surface area contributed by atoms with Crippen LogP contribution in [0.3, 0.4) is 0 Å². The van der Waals surface area contributed by atoms with Crippen molar-refractivity contribution in [2.75, 3.05) is 13.3 Å². The van der Waals surface area contributed by atoms with Crippen molar-refractivity contribution in [2.45, 2.75) is 12.8 Å². The van der Waals surface area contributed by atoms with Crippen molar-refractivity contribution < 1.29 is 63.4 Å². The first-order valence-corrected chi connectivity index (χ1v) is 20.2. The predicted molar refractivity (Wildman–Crippen MR) is 120 cm³/mol. The van der Waals surface area contributed by atoms with Crippen molar-refractivity contribution in [3.8, 4) is 0 Å². The zero-order chi connectivity index (χ0) is 27.4. The third-order valence-electron chi connectivity index (χ3n) is 6.71. The van der Waals surface area contributed by atoms with Gasteiger partial charge in [0.1, 0.15) is 0 Å². The van der Waals surface area contributed by atoms with Crippen LogP contribution in [0.2, 0.25) is 0 Å². The SMILES string of the molecule is C[P](C)[Zr]([B](c1c(F)c(F)c(F)c(F)c1F)c1c(F)c(F)c(F)c(F)c1F)([C]1=CC=CC1)[C]1=CC=CC1. The Labute approximate surface area is 210 Å². The molecule has 0 bridgehead atoms. The van der Waals surface area contributed by atoms with Crippen molar-refractivity contribution >= 4 is 20.4 Å². The molecule has 0 N–H and O–H groups in total. The molecule has 194 valence electrons. The van der Waals surface area contributed by atoms with E-state index in [-0.39, 0.29) is 12.8 Å². The van der Waals surface area contributed by atoms with E-state index in [4.69, 9.17) is 0 Å². The second kappa shape index (κ2) is 10.3. The molecule has 13 heteroatoms. The fourth-order valence-electron chi connectivity index (χ4n) is 5.18. The normalized spacial score (nSPS) is 15.2. The van der Waals surface area contributed by atoms with Gasteiger partial charge in [0, 0.05) is 0 Å². The molecule has 0 spiro atoms. The van der Waals surface area contributed by atoms with Gasteiger partial charge in [0.25, 0.3) is 0 Å². The molecule has 37 heavy (non-hydrogen) atoms. The Morgan fingerprint density at radius 3 is 1.08 bits per heavy atom. The maximum atomic E-state index is 15.4. The zero-order valence-corrected chi connectivity index (χ0v) is 22.5. The minimum absolute atomic E-state index is 0.134. The van der Waals surface area contributed by atoms with E-state index in [2.05, 4.69) is 0 Å². The van der Waals surface area contributed by atoms with Crippen LogP contribution >= 0.6 is 5.21 Å². The van der Waals surface area contributed by atoms with Gasteiger partial charge in [-0.1, -0.05) is 0 Å². The number of hydrogen-bond donors (Lipinski definition) is 0. The van der Waals surface area contributed by atoms with Gasteiger partial charge in [-0.2, -0.15) is 0 Å². The number of benzene rings is 2. The summed E-state index contributed by atoms with van der Waals surface area (Å²) in [5.74, 6) is -24.0. The van der Waals surface area contributed by atoms with Crippen molar-refractivity contribution in [1.29, 1.82) is 0 Å². The van der Waals surface area contributed by atoms with Gasteiger partial charge in [-0.3, -0.25) is 0 Å². The van der Waals surface area contributed by atoms with E-state index in [9.17, 15) is 26.3 Å². The number of allylic oxidation sites excluding steroid dienone is 8. The van der Waals surface area contributed by atoms with Gasteiger partial charge in [0.2, 0.25) is 0 Å². The first-order valence-electron chi connectivity index (χ1n) is 10.8. The summed E-state index contributed by atoms with van der Waals surface area (Å²) < 4.78 is 146. The summed E-state index contributed by atoms with van der Waals surface area (Å²) in [6.45, 7) is 3.24. The van der Waals surface area contributed by atoms with E-state index >= 15 is 17.6 Å². The molecule has 0 aliphatic heterocycles. The Hall–Kier alpha value is -1.92. The molecule has 0 heterocycles. The fourth-order valence-corrected chi connectivity index (χ4v) is 32.6. The molecule has 2 aromatic rings. The van der Waals surface area contributed by atoms with Crippen LogP contribution in [-0.2, 0) is 19.5 Å². The summed E-state index contributed by atoms with van der Waals surface area (Å²) in [6, 6.07) is 0. The molecule has 0 saturated carbocycles. The van der Waals surface area contributed by atoms with Crippen LogP contribution < -0.4 is 10.9 Å². The Morgan fingerprint density at radius 1 is 0.541 bits per heavy atom. The van der Waals surface area contributed by atoms with Crippen LogP contribution in [-0.4, -0.2) is 17.6 Å². The van der Waals surface area contributed by atoms with Crippen LogP contribution in [0.25, 0.3) is 0 Å². The van der Waals surface area contributed by atoms with E-state index in [1.807, 2.05) is 0 Å². The topological polar surface area (TPSA) is 0 Å². The van der Waals surface area contributed by atoms with Crippen LogP contribution in [0.4, 0.5) is 43.9 Å². The average molecular weight is 627 g/mol. The molecule has 0 aromatic heterocycles. The number of halogens is 10. The first kappa shape index (κ1) is 28.1. The predicted octanol–water partition coefficient (Wildman–Crippen LogP) is 6.68. The molecule has 0 nitrogen and oxygen atoms in total. The molecule has 2 aromatic carbocycles. The van der Waals surface area contributed by atoms with E-state index in [0.29, 0.717) is 6.56 Å². The Balaban J connectivity index is 2.28. The van der Waals surface area contributed by atoms with Crippen LogP contribution in [0, 0.1) is 58.2 Å². The summed E-state index contributed by atoms with van der Waals surface area (Å²) >= 11 is -5.19. The molecule has 0 saturated heterocycles. The standard InChI is InChI=1S/C12BF10.2C5H5.C2H6P.Zr/c14-3-1(4(15)8(19)11(22)7(3)18)13-2-5(16)9(20)12(23)10(21)6(2)17;2*1-2-4-5-3-1;1-3-2;/h;2*1-3H,4H2;1-2H3;/q+1;;;-1;. The van der Waals surface area contributed by atoms with Gasteiger partial charge >= 0.3 is 211 Å². The summed E-state index contributed by atoms with van der Waals surface area (Å²) in [5, 5.41) is -1.51. The van der Waals surface area contributed by atoms with Crippen LogP contribution in [0.15, 0.2) is 43.0 Å². The maximum absolute atomic E-state index is 15.4. The molecular weight excluding hydrogens is 611 g/mol. The Kier molecular flexibility index (Phi) is 7.84. The Morgan fingerprint density at radius 2 is 0.838 bits per heavy atom. The van der Waals surface area contributed by atoms with E-state index < -0.39 is 98.0 Å². The van der Waals surface area contributed by atoms with Crippen molar-refractivity contribution in [3.05, 3.63) is 101 Å². The molecule has 2 aliphatic carbocycles. The number of rotatable bonds is 6. The van der Waals surface area contributed by atoms with Gasteiger partial charge in [-0.25, -0.2) is 0 Å². The third-order valence-corrected chi connectivity index (χ3v) is 33.6. The average Bonchev–Trinajstić information content (AvgIpc) is 3.60. The van der Waals surface area contributed by atoms with Gasteiger partial charge < -0.3 is 0 Å². The minimum atomic E-state index is -5.19. The Bertz CT molecular complexity index is 1270. The second-order valence-electron chi connectivity index (χ2n) is 8.71. The third kappa shape index (κ3) is 4.14. The molecular formula is C24H16BF10PZr. The first-order chi connectivity index (χ1) is 17.4. The number of hydrogen-bond acceptors (Lipinski definition) is 0. The van der Waals surface area contributed by atoms with Crippen LogP contribution in [0.1, 0.15) is 12.8 Å². The monoisotopic (exact) mass is 626 g/mol. The quantitative estimate of drug-likeness (QED) is 0.110. The van der Waals surface area contributed by atoms with E-state index in [0.717, 1.165) is 0 Å². The van der Waals surface area contributed by atoms with Crippen molar-refractivity contribution in [1.82, 2.24) is 0 Å². The van der Waals surface area contributed by atoms with E-state index in [1.165, 1.54) is 0 Å². The molecule has 0 atom stereocenters. The van der Waals surface area contributed by atoms with Crippen LogP contribution in [0.5, 0.6) is 0 Å². The molecule has 0 unspecified atom stereocenters. The zero-order valence-electron chi connectivity index (χ0n) is 19.2. The van der Waals surface area contributed by atoms with E-state index in [1.54, 1.807) is 49.8 Å². The van der Waals surface area contributed by atoms with Crippen molar-refractivity contribution in [2.24, 2.45) is 0 Å². The van der Waals surface area contributed by atoms with Gasteiger partial charge in [0.05, 0.1) is 0 Å². The molecule has 0 fully saturated rings. The summed E-state index contributed by atoms with van der Waals surface area (Å²) in [5.41, 5.74) is -3.18. The van der Waals surface area contributed by atoms with Crippen molar-refractivity contribution in [3.63, 3.8) is 0 Å². The molecule has 0 amide bonds.